The second-order valence-corrected chi connectivity index (χ2v) is 5.81. The van der Waals surface area contributed by atoms with Gasteiger partial charge in [-0.2, -0.15) is 0 Å². The maximum atomic E-state index is 11.8. The van der Waals surface area contributed by atoms with Crippen molar-refractivity contribution in [3.05, 3.63) is 21.9 Å². The molecule has 0 aliphatic heterocycles. The summed E-state index contributed by atoms with van der Waals surface area (Å²) < 4.78 is 0. The SMILES string of the molecule is CCC(C)NC(=O)C(C)NCc1ccc(C)s1. The summed E-state index contributed by atoms with van der Waals surface area (Å²) in [5.41, 5.74) is 0. The summed E-state index contributed by atoms with van der Waals surface area (Å²) in [4.78, 5) is 14.3. The molecule has 1 aromatic rings. The first-order valence-corrected chi connectivity index (χ1v) is 6.93. The second-order valence-electron chi connectivity index (χ2n) is 4.43. The zero-order chi connectivity index (χ0) is 12.8. The maximum absolute atomic E-state index is 11.8. The van der Waals surface area contributed by atoms with Crippen LogP contribution in [0.2, 0.25) is 0 Å². The Balaban J connectivity index is 2.33. The van der Waals surface area contributed by atoms with Crippen LogP contribution in [-0.4, -0.2) is 18.0 Å². The molecule has 2 N–H and O–H groups in total. The molecule has 1 heterocycles. The minimum atomic E-state index is -0.147. The second kappa shape index (κ2) is 6.77. The lowest BCUT2D eigenvalue weighted by Crippen LogP contribution is -2.44. The van der Waals surface area contributed by atoms with E-state index in [1.54, 1.807) is 11.3 Å². The maximum Gasteiger partial charge on any atom is 0.237 e. The van der Waals surface area contributed by atoms with E-state index in [0.717, 1.165) is 13.0 Å². The predicted octanol–water partition coefficient (Wildman–Crippen LogP) is 2.45. The van der Waals surface area contributed by atoms with E-state index in [-0.39, 0.29) is 18.0 Å². The Morgan fingerprint density at radius 2 is 2.12 bits per heavy atom. The van der Waals surface area contributed by atoms with E-state index in [1.807, 2.05) is 13.8 Å². The van der Waals surface area contributed by atoms with Crippen molar-refractivity contribution in [3.8, 4) is 0 Å². The highest BCUT2D eigenvalue weighted by molar-refractivity contribution is 7.11. The van der Waals surface area contributed by atoms with Gasteiger partial charge >= 0.3 is 0 Å². The van der Waals surface area contributed by atoms with E-state index in [2.05, 4.69) is 36.6 Å². The topological polar surface area (TPSA) is 41.1 Å². The molecule has 0 spiro atoms. The number of amides is 1. The predicted molar refractivity (Wildman–Crippen MR) is 73.3 cm³/mol. The number of rotatable bonds is 6. The molecule has 0 bridgehead atoms. The van der Waals surface area contributed by atoms with Gasteiger partial charge in [0.15, 0.2) is 0 Å². The number of carbonyl (C=O) groups is 1. The third-order valence-electron chi connectivity index (χ3n) is 2.77. The van der Waals surface area contributed by atoms with Crippen LogP contribution in [0.4, 0.5) is 0 Å². The minimum Gasteiger partial charge on any atom is -0.352 e. The van der Waals surface area contributed by atoms with Gasteiger partial charge in [0.05, 0.1) is 6.04 Å². The minimum absolute atomic E-state index is 0.0765. The third kappa shape index (κ3) is 4.88. The lowest BCUT2D eigenvalue weighted by atomic mass is 10.2. The number of thiophene rings is 1. The Kier molecular flexibility index (Phi) is 5.65. The van der Waals surface area contributed by atoms with E-state index in [4.69, 9.17) is 0 Å². The molecule has 1 aromatic heterocycles. The average Bonchev–Trinajstić information content (AvgIpc) is 2.71. The molecule has 0 aliphatic carbocycles. The van der Waals surface area contributed by atoms with Crippen LogP contribution < -0.4 is 10.6 Å². The number of nitrogens with one attached hydrogen (secondary N) is 2. The van der Waals surface area contributed by atoms with Crippen molar-refractivity contribution in [3.63, 3.8) is 0 Å². The first kappa shape index (κ1) is 14.2. The van der Waals surface area contributed by atoms with E-state index >= 15 is 0 Å². The molecule has 4 heteroatoms. The lowest BCUT2D eigenvalue weighted by Gasteiger charge is -2.17. The van der Waals surface area contributed by atoms with Crippen molar-refractivity contribution in [2.75, 3.05) is 0 Å². The summed E-state index contributed by atoms with van der Waals surface area (Å²) in [6, 6.07) is 4.31. The molecule has 96 valence electrons. The Labute approximate surface area is 108 Å². The molecule has 2 atom stereocenters. The zero-order valence-electron chi connectivity index (χ0n) is 11.0. The summed E-state index contributed by atoms with van der Waals surface area (Å²) in [7, 11) is 0. The number of aryl methyl sites for hydroxylation is 1. The van der Waals surface area contributed by atoms with Gasteiger partial charge in [-0.05, 0) is 39.3 Å². The summed E-state index contributed by atoms with van der Waals surface area (Å²) in [5, 5.41) is 6.21. The van der Waals surface area contributed by atoms with Crippen LogP contribution in [0.15, 0.2) is 12.1 Å². The Bertz CT molecular complexity index is 362. The molecular formula is C13H22N2OS. The highest BCUT2D eigenvalue weighted by atomic mass is 32.1. The van der Waals surface area contributed by atoms with Gasteiger partial charge in [-0.3, -0.25) is 4.79 Å². The van der Waals surface area contributed by atoms with Gasteiger partial charge in [0.2, 0.25) is 5.91 Å². The molecule has 1 amide bonds. The van der Waals surface area contributed by atoms with Crippen LogP contribution in [0.25, 0.3) is 0 Å². The molecule has 1 rings (SSSR count). The van der Waals surface area contributed by atoms with E-state index in [0.29, 0.717) is 0 Å². The van der Waals surface area contributed by atoms with Crippen LogP contribution in [0.1, 0.15) is 36.9 Å². The number of hydrogen-bond acceptors (Lipinski definition) is 3. The van der Waals surface area contributed by atoms with Gasteiger partial charge in [-0.15, -0.1) is 11.3 Å². The zero-order valence-corrected chi connectivity index (χ0v) is 11.9. The van der Waals surface area contributed by atoms with E-state index < -0.39 is 0 Å². The summed E-state index contributed by atoms with van der Waals surface area (Å²) in [5.74, 6) is 0.0765. The quantitative estimate of drug-likeness (QED) is 0.818. The van der Waals surface area contributed by atoms with Crippen LogP contribution >= 0.6 is 11.3 Å². The van der Waals surface area contributed by atoms with Crippen molar-refractivity contribution in [1.29, 1.82) is 0 Å². The van der Waals surface area contributed by atoms with Crippen LogP contribution in [0, 0.1) is 6.92 Å². The molecule has 0 aliphatic rings. The molecule has 0 saturated carbocycles. The Morgan fingerprint density at radius 1 is 1.41 bits per heavy atom. The molecule has 0 aromatic carbocycles. The van der Waals surface area contributed by atoms with E-state index in [9.17, 15) is 4.79 Å². The third-order valence-corrected chi connectivity index (χ3v) is 3.77. The number of carbonyl (C=O) groups excluding carboxylic acids is 1. The Morgan fingerprint density at radius 3 is 2.65 bits per heavy atom. The van der Waals surface area contributed by atoms with Gasteiger partial charge in [0.1, 0.15) is 0 Å². The fourth-order valence-corrected chi connectivity index (χ4v) is 2.24. The molecule has 0 fully saturated rings. The van der Waals surface area contributed by atoms with E-state index in [1.165, 1.54) is 9.75 Å². The molecule has 2 unspecified atom stereocenters. The van der Waals surface area contributed by atoms with Crippen molar-refractivity contribution < 1.29 is 4.79 Å². The van der Waals surface area contributed by atoms with Crippen molar-refractivity contribution in [1.82, 2.24) is 10.6 Å². The smallest absolute Gasteiger partial charge is 0.237 e. The molecule has 3 nitrogen and oxygen atoms in total. The summed E-state index contributed by atoms with van der Waals surface area (Å²) in [6.45, 7) is 8.84. The number of hydrogen-bond donors (Lipinski definition) is 2. The fourth-order valence-electron chi connectivity index (χ4n) is 1.40. The highest BCUT2D eigenvalue weighted by Crippen LogP contribution is 2.14. The van der Waals surface area contributed by atoms with Gasteiger partial charge < -0.3 is 10.6 Å². The van der Waals surface area contributed by atoms with Crippen molar-refractivity contribution in [2.24, 2.45) is 0 Å². The fraction of sp³-hybridized carbons (Fsp3) is 0.615. The Hall–Kier alpha value is -0.870. The standard InChI is InChI=1S/C13H22N2OS/c1-5-9(2)15-13(16)11(4)14-8-12-7-6-10(3)17-12/h6-7,9,11,14H,5,8H2,1-4H3,(H,15,16). The lowest BCUT2D eigenvalue weighted by molar-refractivity contribution is -0.123. The first-order valence-electron chi connectivity index (χ1n) is 6.12. The van der Waals surface area contributed by atoms with Gasteiger partial charge in [0.25, 0.3) is 0 Å². The normalized spacial score (nSPS) is 14.4. The molecule has 17 heavy (non-hydrogen) atoms. The highest BCUT2D eigenvalue weighted by Gasteiger charge is 2.13. The van der Waals surface area contributed by atoms with Crippen LogP contribution in [0.5, 0.6) is 0 Å². The molecule has 0 radical (unpaired) electrons. The summed E-state index contributed by atoms with van der Waals surface area (Å²) >= 11 is 1.77. The van der Waals surface area contributed by atoms with Crippen molar-refractivity contribution >= 4 is 17.2 Å². The summed E-state index contributed by atoms with van der Waals surface area (Å²) in [6.07, 6.45) is 0.961. The molecule has 0 saturated heterocycles. The first-order chi connectivity index (χ1) is 8.02. The van der Waals surface area contributed by atoms with Crippen LogP contribution in [0.3, 0.4) is 0 Å². The average molecular weight is 254 g/mol. The monoisotopic (exact) mass is 254 g/mol. The van der Waals surface area contributed by atoms with Crippen molar-refractivity contribution in [2.45, 2.75) is 52.7 Å². The van der Waals surface area contributed by atoms with Crippen LogP contribution in [-0.2, 0) is 11.3 Å². The largest absolute Gasteiger partial charge is 0.352 e. The van der Waals surface area contributed by atoms with Gasteiger partial charge in [0, 0.05) is 22.3 Å². The van der Waals surface area contributed by atoms with Gasteiger partial charge in [-0.1, -0.05) is 6.92 Å². The van der Waals surface area contributed by atoms with Gasteiger partial charge in [-0.25, -0.2) is 0 Å². The molecular weight excluding hydrogens is 232 g/mol.